The minimum atomic E-state index is -0.728. The average molecular weight is 352 g/mol. The Hall–Kier alpha value is -1.95. The molecule has 0 spiro atoms. The Morgan fingerprint density at radius 1 is 1.27 bits per heavy atom. The lowest BCUT2D eigenvalue weighted by Gasteiger charge is -2.52. The van der Waals surface area contributed by atoms with Gasteiger partial charge in [-0.05, 0) is 79.5 Å². The topological polar surface area (TPSA) is 35.5 Å². The van der Waals surface area contributed by atoms with Crippen molar-refractivity contribution in [1.82, 2.24) is 0 Å². The molecule has 0 aromatic heterocycles. The molecule has 2 fully saturated rings. The van der Waals surface area contributed by atoms with E-state index in [9.17, 15) is 4.79 Å². The van der Waals surface area contributed by atoms with E-state index in [4.69, 9.17) is 15.9 Å². The summed E-state index contributed by atoms with van der Waals surface area (Å²) < 4.78 is 11.2. The SMILES string of the molecule is C#C[C@@]1(OC(C)=O)CC[C@@H]2[C@H]3CCc4cc(OC)ccc4[C@H]3CC[C@@]21C. The maximum atomic E-state index is 11.8. The van der Waals surface area contributed by atoms with Crippen molar-refractivity contribution in [3.63, 3.8) is 0 Å². The van der Waals surface area contributed by atoms with Gasteiger partial charge in [-0.3, -0.25) is 4.79 Å². The van der Waals surface area contributed by atoms with Crippen LogP contribution in [0, 0.1) is 29.6 Å². The molecule has 0 aliphatic heterocycles. The van der Waals surface area contributed by atoms with Gasteiger partial charge in [-0.25, -0.2) is 0 Å². The highest BCUT2D eigenvalue weighted by Crippen LogP contribution is 2.65. The molecule has 0 saturated heterocycles. The minimum absolute atomic E-state index is 0.113. The van der Waals surface area contributed by atoms with Gasteiger partial charge in [-0.15, -0.1) is 6.42 Å². The molecule has 3 nitrogen and oxygen atoms in total. The van der Waals surface area contributed by atoms with Crippen molar-refractivity contribution >= 4 is 5.97 Å². The summed E-state index contributed by atoms with van der Waals surface area (Å²) >= 11 is 0. The summed E-state index contributed by atoms with van der Waals surface area (Å²) in [7, 11) is 1.73. The smallest absolute Gasteiger partial charge is 0.304 e. The monoisotopic (exact) mass is 352 g/mol. The van der Waals surface area contributed by atoms with E-state index in [0.717, 1.165) is 37.9 Å². The number of terminal acetylenes is 1. The summed E-state index contributed by atoms with van der Waals surface area (Å²) in [6.07, 6.45) is 12.2. The van der Waals surface area contributed by atoms with Crippen molar-refractivity contribution in [2.24, 2.45) is 17.3 Å². The summed E-state index contributed by atoms with van der Waals surface area (Å²) in [6.45, 7) is 3.75. The largest absolute Gasteiger partial charge is 0.497 e. The lowest BCUT2D eigenvalue weighted by molar-refractivity contribution is -0.165. The zero-order valence-corrected chi connectivity index (χ0v) is 16.0. The van der Waals surface area contributed by atoms with Crippen molar-refractivity contribution in [2.75, 3.05) is 7.11 Å². The zero-order valence-electron chi connectivity index (χ0n) is 16.0. The number of methoxy groups -OCH3 is 1. The molecule has 3 aliphatic carbocycles. The summed E-state index contributed by atoms with van der Waals surface area (Å²) in [4.78, 5) is 11.8. The van der Waals surface area contributed by atoms with E-state index < -0.39 is 5.60 Å². The molecule has 3 heteroatoms. The Morgan fingerprint density at radius 3 is 2.77 bits per heavy atom. The first kappa shape index (κ1) is 17.5. The maximum Gasteiger partial charge on any atom is 0.304 e. The van der Waals surface area contributed by atoms with Gasteiger partial charge in [-0.2, -0.15) is 0 Å². The molecule has 0 N–H and O–H groups in total. The molecule has 0 heterocycles. The third kappa shape index (κ3) is 2.31. The number of rotatable bonds is 2. The van der Waals surface area contributed by atoms with Crippen LogP contribution in [0.5, 0.6) is 5.75 Å². The normalized spacial score (nSPS) is 37.7. The fourth-order valence-corrected chi connectivity index (χ4v) is 6.36. The van der Waals surface area contributed by atoms with Gasteiger partial charge in [0.1, 0.15) is 5.75 Å². The van der Waals surface area contributed by atoms with Crippen LogP contribution in [-0.2, 0) is 16.0 Å². The van der Waals surface area contributed by atoms with Crippen LogP contribution in [0.15, 0.2) is 18.2 Å². The van der Waals surface area contributed by atoms with Crippen LogP contribution in [0.25, 0.3) is 0 Å². The van der Waals surface area contributed by atoms with Gasteiger partial charge in [0.25, 0.3) is 0 Å². The second-order valence-corrected chi connectivity index (χ2v) is 8.54. The number of hydrogen-bond acceptors (Lipinski definition) is 3. The molecule has 26 heavy (non-hydrogen) atoms. The number of benzene rings is 1. The van der Waals surface area contributed by atoms with E-state index in [0.29, 0.717) is 17.8 Å². The molecular formula is C23H28O3. The number of carbonyl (C=O) groups is 1. The molecule has 1 aromatic rings. The Morgan fingerprint density at radius 2 is 2.08 bits per heavy atom. The second kappa shape index (κ2) is 6.05. The molecule has 1 aromatic carbocycles. The van der Waals surface area contributed by atoms with Gasteiger partial charge in [0.05, 0.1) is 7.11 Å². The summed E-state index contributed by atoms with van der Waals surface area (Å²) in [5, 5.41) is 0. The van der Waals surface area contributed by atoms with Crippen molar-refractivity contribution in [1.29, 1.82) is 0 Å². The molecule has 5 atom stereocenters. The molecule has 2 saturated carbocycles. The van der Waals surface area contributed by atoms with Crippen LogP contribution < -0.4 is 4.74 Å². The Bertz CT molecular complexity index is 776. The van der Waals surface area contributed by atoms with Crippen LogP contribution in [0.1, 0.15) is 63.0 Å². The predicted molar refractivity (Wildman–Crippen MR) is 101 cm³/mol. The average Bonchev–Trinajstić information content (AvgIpc) is 2.93. The van der Waals surface area contributed by atoms with Gasteiger partial charge in [0.2, 0.25) is 0 Å². The fourth-order valence-electron chi connectivity index (χ4n) is 6.36. The third-order valence-electron chi connectivity index (χ3n) is 7.60. The van der Waals surface area contributed by atoms with Gasteiger partial charge >= 0.3 is 5.97 Å². The molecule has 0 radical (unpaired) electrons. The Kier molecular flexibility index (Phi) is 4.06. The number of fused-ring (bicyclic) bond motifs is 5. The van der Waals surface area contributed by atoms with E-state index in [1.165, 1.54) is 24.5 Å². The van der Waals surface area contributed by atoms with E-state index in [1.54, 1.807) is 7.11 Å². The Labute approximate surface area is 156 Å². The number of aryl methyl sites for hydroxylation is 1. The number of ether oxygens (including phenoxy) is 2. The zero-order chi connectivity index (χ0) is 18.5. The maximum absolute atomic E-state index is 11.8. The highest BCUT2D eigenvalue weighted by molar-refractivity contribution is 5.67. The highest BCUT2D eigenvalue weighted by Gasteiger charge is 2.63. The van der Waals surface area contributed by atoms with Crippen LogP contribution in [-0.4, -0.2) is 18.7 Å². The predicted octanol–water partition coefficient (Wildman–Crippen LogP) is 4.49. The van der Waals surface area contributed by atoms with Crippen LogP contribution in [0.4, 0.5) is 0 Å². The summed E-state index contributed by atoms with van der Waals surface area (Å²) in [5.74, 6) is 5.35. The van der Waals surface area contributed by atoms with Gasteiger partial charge in [0.15, 0.2) is 5.60 Å². The molecule has 0 bridgehead atoms. The van der Waals surface area contributed by atoms with Crippen LogP contribution >= 0.6 is 0 Å². The van der Waals surface area contributed by atoms with Crippen LogP contribution in [0.3, 0.4) is 0 Å². The molecule has 3 aliphatic rings. The van der Waals surface area contributed by atoms with E-state index in [-0.39, 0.29) is 11.4 Å². The first-order valence-electron chi connectivity index (χ1n) is 9.78. The number of hydrogen-bond donors (Lipinski definition) is 0. The molecular weight excluding hydrogens is 324 g/mol. The number of esters is 1. The van der Waals surface area contributed by atoms with Crippen molar-refractivity contribution < 1.29 is 14.3 Å². The lowest BCUT2D eigenvalue weighted by atomic mass is 9.53. The van der Waals surface area contributed by atoms with Gasteiger partial charge in [-0.1, -0.05) is 18.9 Å². The van der Waals surface area contributed by atoms with Gasteiger partial charge in [0, 0.05) is 12.3 Å². The summed E-state index contributed by atoms with van der Waals surface area (Å²) in [6, 6.07) is 6.57. The van der Waals surface area contributed by atoms with Crippen LogP contribution in [0.2, 0.25) is 0 Å². The molecule has 0 unspecified atom stereocenters. The van der Waals surface area contributed by atoms with Crippen molar-refractivity contribution in [3.8, 4) is 18.1 Å². The number of carbonyl (C=O) groups excluding carboxylic acids is 1. The first-order valence-corrected chi connectivity index (χ1v) is 9.78. The van der Waals surface area contributed by atoms with Crippen molar-refractivity contribution in [3.05, 3.63) is 29.3 Å². The molecule has 4 rings (SSSR count). The standard InChI is InChI=1S/C23H28O3/c1-5-23(26-15(2)24)13-11-21-20-8-6-16-14-17(25-4)7-9-18(16)19(20)10-12-22(21,23)3/h1,7,9,14,19-21H,6,8,10-13H2,2-4H3/t19-,20+,21-,22+,23-/m1/s1. The highest BCUT2D eigenvalue weighted by atomic mass is 16.6. The second-order valence-electron chi connectivity index (χ2n) is 8.54. The quantitative estimate of drug-likeness (QED) is 0.581. The molecule has 0 amide bonds. The third-order valence-corrected chi connectivity index (χ3v) is 7.60. The fraction of sp³-hybridized carbons (Fsp3) is 0.609. The summed E-state index contributed by atoms with van der Waals surface area (Å²) in [5.41, 5.74) is 2.10. The first-order chi connectivity index (χ1) is 12.4. The van der Waals surface area contributed by atoms with E-state index in [1.807, 2.05) is 0 Å². The lowest BCUT2D eigenvalue weighted by Crippen LogP contribution is -2.52. The van der Waals surface area contributed by atoms with E-state index >= 15 is 0 Å². The van der Waals surface area contributed by atoms with E-state index in [2.05, 4.69) is 31.0 Å². The van der Waals surface area contributed by atoms with Crippen molar-refractivity contribution in [2.45, 2.75) is 63.9 Å². The Balaban J connectivity index is 1.68. The molecule has 138 valence electrons. The minimum Gasteiger partial charge on any atom is -0.497 e. The van der Waals surface area contributed by atoms with Gasteiger partial charge < -0.3 is 9.47 Å².